The third-order valence-corrected chi connectivity index (χ3v) is 5.86. The van der Waals surface area contributed by atoms with Crippen molar-refractivity contribution in [3.63, 3.8) is 0 Å². The lowest BCUT2D eigenvalue weighted by Gasteiger charge is -2.30. The number of benzene rings is 2. The number of aromatic nitrogens is 2. The van der Waals surface area contributed by atoms with Crippen molar-refractivity contribution in [2.45, 2.75) is 44.6 Å². The number of rotatable bonds is 6. The van der Waals surface area contributed by atoms with Gasteiger partial charge in [-0.25, -0.2) is 4.68 Å². The molecule has 0 spiro atoms. The zero-order valence-electron chi connectivity index (χ0n) is 17.5. The van der Waals surface area contributed by atoms with Crippen molar-refractivity contribution in [3.8, 4) is 11.4 Å². The van der Waals surface area contributed by atoms with Crippen molar-refractivity contribution in [3.05, 3.63) is 78.1 Å². The summed E-state index contributed by atoms with van der Waals surface area (Å²) < 4.78 is 7.16. The highest BCUT2D eigenvalue weighted by Gasteiger charge is 2.26. The van der Waals surface area contributed by atoms with Gasteiger partial charge in [0.05, 0.1) is 25.0 Å². The lowest BCUT2D eigenvalue weighted by Crippen LogP contribution is -2.35. The van der Waals surface area contributed by atoms with E-state index in [1.54, 1.807) is 7.11 Å². The molecule has 1 atom stereocenters. The van der Waals surface area contributed by atoms with Crippen LogP contribution in [0.5, 0.6) is 5.75 Å². The summed E-state index contributed by atoms with van der Waals surface area (Å²) in [4.78, 5) is 15.3. The summed E-state index contributed by atoms with van der Waals surface area (Å²) in [7, 11) is 1.68. The summed E-state index contributed by atoms with van der Waals surface area (Å²) in [5.41, 5.74) is 3.31. The first-order valence-electron chi connectivity index (χ1n) is 10.8. The Bertz CT molecular complexity index is 950. The first kappa shape index (κ1) is 20.2. The average Bonchev–Trinajstić information content (AvgIpc) is 3.14. The molecule has 1 saturated heterocycles. The molecule has 2 aromatic carbocycles. The van der Waals surface area contributed by atoms with Gasteiger partial charge in [0, 0.05) is 19.2 Å². The van der Waals surface area contributed by atoms with Crippen LogP contribution >= 0.6 is 0 Å². The van der Waals surface area contributed by atoms with E-state index in [0.717, 1.165) is 42.8 Å². The molecule has 1 aliphatic heterocycles. The van der Waals surface area contributed by atoms with Gasteiger partial charge in [-0.05, 0) is 54.7 Å². The van der Waals surface area contributed by atoms with Crippen LogP contribution < -0.4 is 4.74 Å². The Kier molecular flexibility index (Phi) is 6.47. The number of aryl methyl sites for hydroxylation is 1. The summed E-state index contributed by atoms with van der Waals surface area (Å²) in [6.07, 6.45) is 9.53. The van der Waals surface area contributed by atoms with Gasteiger partial charge in [0.25, 0.3) is 0 Å². The Morgan fingerprint density at radius 2 is 1.87 bits per heavy atom. The average molecular weight is 404 g/mol. The van der Waals surface area contributed by atoms with Crippen molar-refractivity contribution < 1.29 is 9.53 Å². The summed E-state index contributed by atoms with van der Waals surface area (Å²) in [6, 6.07) is 18.4. The van der Waals surface area contributed by atoms with Crippen LogP contribution in [-0.2, 0) is 11.2 Å². The molecule has 30 heavy (non-hydrogen) atoms. The fourth-order valence-electron chi connectivity index (χ4n) is 4.19. The van der Waals surface area contributed by atoms with Crippen LogP contribution in [0.25, 0.3) is 5.69 Å². The molecule has 2 heterocycles. The van der Waals surface area contributed by atoms with Gasteiger partial charge in [0.1, 0.15) is 5.75 Å². The number of hydrogen-bond donors (Lipinski definition) is 0. The smallest absolute Gasteiger partial charge is 0.223 e. The quantitative estimate of drug-likeness (QED) is 0.585. The normalized spacial score (nSPS) is 16.8. The van der Waals surface area contributed by atoms with E-state index in [0.29, 0.717) is 12.8 Å². The molecule has 1 unspecified atom stereocenters. The summed E-state index contributed by atoms with van der Waals surface area (Å²) in [5.74, 6) is 1.07. The van der Waals surface area contributed by atoms with Gasteiger partial charge in [-0.1, -0.05) is 43.2 Å². The number of amides is 1. The lowest BCUT2D eigenvalue weighted by molar-refractivity contribution is -0.133. The molecule has 156 valence electrons. The molecular formula is C25H29N3O2. The van der Waals surface area contributed by atoms with Gasteiger partial charge in [0.2, 0.25) is 5.91 Å². The Morgan fingerprint density at radius 3 is 2.63 bits per heavy atom. The maximum absolute atomic E-state index is 13.2. The third-order valence-electron chi connectivity index (χ3n) is 5.86. The van der Waals surface area contributed by atoms with E-state index in [1.165, 1.54) is 12.0 Å². The molecule has 0 bridgehead atoms. The monoisotopic (exact) mass is 403 g/mol. The molecule has 0 saturated carbocycles. The highest BCUT2D eigenvalue weighted by Crippen LogP contribution is 2.31. The molecular weight excluding hydrogens is 374 g/mol. The van der Waals surface area contributed by atoms with E-state index in [4.69, 9.17) is 4.74 Å². The van der Waals surface area contributed by atoms with Crippen LogP contribution in [-0.4, -0.2) is 34.2 Å². The second kappa shape index (κ2) is 9.61. The van der Waals surface area contributed by atoms with E-state index in [2.05, 4.69) is 22.1 Å². The standard InChI is InChI=1S/C25H29N3O2/c1-30-23-14-12-21(13-15-23)24-10-6-3-7-17-27(24)25(29)16-11-20-18-26-28(19-20)22-8-4-2-5-9-22/h2,4-5,8-9,12-15,18-19,24H,3,6-7,10-11,16-17H2,1H3. The van der Waals surface area contributed by atoms with Crippen molar-refractivity contribution in [2.24, 2.45) is 0 Å². The fourth-order valence-corrected chi connectivity index (χ4v) is 4.19. The Labute approximate surface area is 178 Å². The van der Waals surface area contributed by atoms with E-state index in [9.17, 15) is 4.79 Å². The molecule has 0 aliphatic carbocycles. The zero-order valence-corrected chi connectivity index (χ0v) is 17.5. The van der Waals surface area contributed by atoms with Crippen molar-refractivity contribution >= 4 is 5.91 Å². The molecule has 5 nitrogen and oxygen atoms in total. The lowest BCUT2D eigenvalue weighted by atomic mass is 10.00. The Hall–Kier alpha value is -3.08. The molecule has 3 aromatic rings. The molecule has 4 rings (SSSR count). The maximum Gasteiger partial charge on any atom is 0.223 e. The third kappa shape index (κ3) is 4.73. The first-order valence-corrected chi connectivity index (χ1v) is 10.8. The highest BCUT2D eigenvalue weighted by molar-refractivity contribution is 5.77. The minimum atomic E-state index is 0.151. The molecule has 1 amide bonds. The second-order valence-corrected chi connectivity index (χ2v) is 7.85. The van der Waals surface area contributed by atoms with E-state index < -0.39 is 0 Å². The highest BCUT2D eigenvalue weighted by atomic mass is 16.5. The van der Waals surface area contributed by atoms with E-state index in [-0.39, 0.29) is 11.9 Å². The van der Waals surface area contributed by atoms with Crippen molar-refractivity contribution in [1.29, 1.82) is 0 Å². The Morgan fingerprint density at radius 1 is 1.07 bits per heavy atom. The largest absolute Gasteiger partial charge is 0.497 e. The van der Waals surface area contributed by atoms with Crippen LogP contribution in [0.3, 0.4) is 0 Å². The van der Waals surface area contributed by atoms with Crippen LogP contribution in [0.15, 0.2) is 67.0 Å². The fraction of sp³-hybridized carbons (Fsp3) is 0.360. The first-order chi connectivity index (χ1) is 14.7. The number of nitrogens with zero attached hydrogens (tertiary/aromatic N) is 3. The molecule has 1 aromatic heterocycles. The van der Waals surface area contributed by atoms with E-state index in [1.807, 2.05) is 59.5 Å². The second-order valence-electron chi connectivity index (χ2n) is 7.85. The minimum Gasteiger partial charge on any atom is -0.497 e. The van der Waals surface area contributed by atoms with Crippen LogP contribution in [0, 0.1) is 0 Å². The zero-order chi connectivity index (χ0) is 20.8. The van der Waals surface area contributed by atoms with E-state index >= 15 is 0 Å². The number of carbonyl (C=O) groups excluding carboxylic acids is 1. The molecule has 1 fully saturated rings. The summed E-state index contributed by atoms with van der Waals surface area (Å²) >= 11 is 0. The molecule has 5 heteroatoms. The molecule has 0 N–H and O–H groups in total. The van der Waals surface area contributed by atoms with Gasteiger partial charge in [-0.2, -0.15) is 5.10 Å². The minimum absolute atomic E-state index is 0.151. The van der Waals surface area contributed by atoms with Gasteiger partial charge in [-0.3, -0.25) is 4.79 Å². The molecule has 0 radical (unpaired) electrons. The number of hydrogen-bond acceptors (Lipinski definition) is 3. The summed E-state index contributed by atoms with van der Waals surface area (Å²) in [6.45, 7) is 0.832. The predicted octanol–water partition coefficient (Wildman–Crippen LogP) is 4.96. The van der Waals surface area contributed by atoms with Crippen LogP contribution in [0.1, 0.15) is 49.3 Å². The SMILES string of the molecule is COc1ccc(C2CCCCCN2C(=O)CCc2cnn(-c3ccccc3)c2)cc1. The number of methoxy groups -OCH3 is 1. The van der Waals surface area contributed by atoms with Crippen molar-refractivity contribution in [2.75, 3.05) is 13.7 Å². The topological polar surface area (TPSA) is 47.4 Å². The number of para-hydroxylation sites is 1. The number of ether oxygens (including phenoxy) is 1. The number of likely N-dealkylation sites (tertiary alicyclic amines) is 1. The number of carbonyl (C=O) groups is 1. The van der Waals surface area contributed by atoms with Gasteiger partial charge < -0.3 is 9.64 Å². The Balaban J connectivity index is 1.43. The summed E-state index contributed by atoms with van der Waals surface area (Å²) in [5, 5.41) is 4.45. The maximum atomic E-state index is 13.2. The van der Waals surface area contributed by atoms with Gasteiger partial charge in [0.15, 0.2) is 0 Å². The predicted molar refractivity (Wildman–Crippen MR) is 118 cm³/mol. The van der Waals surface area contributed by atoms with Crippen molar-refractivity contribution in [1.82, 2.24) is 14.7 Å². The van der Waals surface area contributed by atoms with Crippen LogP contribution in [0.2, 0.25) is 0 Å². The van der Waals surface area contributed by atoms with Crippen LogP contribution in [0.4, 0.5) is 0 Å². The van der Waals surface area contributed by atoms with Gasteiger partial charge in [-0.15, -0.1) is 0 Å². The van der Waals surface area contributed by atoms with Gasteiger partial charge >= 0.3 is 0 Å². The molecule has 1 aliphatic rings.